The van der Waals surface area contributed by atoms with Crippen LogP contribution in [0.2, 0.25) is 0 Å². The fraction of sp³-hybridized carbons (Fsp3) is 0.545. The zero-order valence-corrected chi connectivity index (χ0v) is 9.20. The van der Waals surface area contributed by atoms with Gasteiger partial charge < -0.3 is 11.1 Å². The Bertz CT molecular complexity index is 392. The van der Waals surface area contributed by atoms with Gasteiger partial charge in [-0.15, -0.1) is 0 Å². The molecule has 0 fully saturated rings. The first-order chi connectivity index (χ1) is 7.77. The Hall–Kier alpha value is -1.65. The summed E-state index contributed by atoms with van der Waals surface area (Å²) in [7, 11) is 0. The SMILES string of the molecule is NC(=O)CCNc1ncnc2c1CCCC2. The molecule has 0 spiro atoms. The van der Waals surface area contributed by atoms with E-state index in [2.05, 4.69) is 15.3 Å². The summed E-state index contributed by atoms with van der Waals surface area (Å²) < 4.78 is 0. The van der Waals surface area contributed by atoms with E-state index in [9.17, 15) is 4.79 Å². The van der Waals surface area contributed by atoms with E-state index in [-0.39, 0.29) is 5.91 Å². The standard InChI is InChI=1S/C11H16N4O/c12-10(16)5-6-13-11-8-3-1-2-4-9(8)14-7-15-11/h7H,1-6H2,(H2,12,16)(H,13,14,15). The van der Waals surface area contributed by atoms with Crippen LogP contribution in [0.4, 0.5) is 5.82 Å². The lowest BCUT2D eigenvalue weighted by atomic mass is 9.96. The monoisotopic (exact) mass is 220 g/mol. The van der Waals surface area contributed by atoms with Crippen LogP contribution in [0.5, 0.6) is 0 Å². The van der Waals surface area contributed by atoms with Crippen LogP contribution in [0.25, 0.3) is 0 Å². The van der Waals surface area contributed by atoms with Crippen LogP contribution < -0.4 is 11.1 Å². The van der Waals surface area contributed by atoms with Crippen LogP contribution in [-0.2, 0) is 17.6 Å². The second-order valence-electron chi connectivity index (χ2n) is 4.00. The van der Waals surface area contributed by atoms with Crippen molar-refractivity contribution in [2.24, 2.45) is 5.73 Å². The Morgan fingerprint density at radius 1 is 1.38 bits per heavy atom. The predicted octanol–water partition coefficient (Wildman–Crippen LogP) is 0.643. The summed E-state index contributed by atoms with van der Waals surface area (Å²) in [4.78, 5) is 19.1. The number of aromatic nitrogens is 2. The number of amides is 1. The molecular weight excluding hydrogens is 204 g/mol. The third kappa shape index (κ3) is 2.48. The number of hydrogen-bond donors (Lipinski definition) is 2. The van der Waals surface area contributed by atoms with E-state index < -0.39 is 0 Å². The molecule has 0 aromatic carbocycles. The van der Waals surface area contributed by atoms with Crippen molar-refractivity contribution in [1.82, 2.24) is 9.97 Å². The number of fused-ring (bicyclic) bond motifs is 1. The molecule has 0 saturated heterocycles. The molecule has 1 aromatic rings. The first kappa shape index (κ1) is 10.9. The van der Waals surface area contributed by atoms with Gasteiger partial charge in [0.25, 0.3) is 0 Å². The number of rotatable bonds is 4. The fourth-order valence-electron chi connectivity index (χ4n) is 1.98. The number of anilines is 1. The maximum atomic E-state index is 10.6. The van der Waals surface area contributed by atoms with Crippen molar-refractivity contribution < 1.29 is 4.79 Å². The molecule has 1 aromatic heterocycles. The summed E-state index contributed by atoms with van der Waals surface area (Å²) in [5.74, 6) is 0.571. The largest absolute Gasteiger partial charge is 0.370 e. The van der Waals surface area contributed by atoms with Crippen LogP contribution in [0, 0.1) is 0 Å². The van der Waals surface area contributed by atoms with Gasteiger partial charge in [-0.3, -0.25) is 4.79 Å². The smallest absolute Gasteiger partial charge is 0.219 e. The number of hydrogen-bond acceptors (Lipinski definition) is 4. The summed E-state index contributed by atoms with van der Waals surface area (Å²) >= 11 is 0. The highest BCUT2D eigenvalue weighted by molar-refractivity contribution is 5.74. The first-order valence-corrected chi connectivity index (χ1v) is 5.62. The van der Waals surface area contributed by atoms with Gasteiger partial charge in [0.05, 0.1) is 0 Å². The fourth-order valence-corrected chi connectivity index (χ4v) is 1.98. The van der Waals surface area contributed by atoms with E-state index >= 15 is 0 Å². The van der Waals surface area contributed by atoms with Gasteiger partial charge in [-0.1, -0.05) is 0 Å². The van der Waals surface area contributed by atoms with Gasteiger partial charge in [0.1, 0.15) is 12.1 Å². The summed E-state index contributed by atoms with van der Waals surface area (Å²) in [5.41, 5.74) is 7.43. The molecule has 5 nitrogen and oxygen atoms in total. The van der Waals surface area contributed by atoms with E-state index in [1.54, 1.807) is 6.33 Å². The first-order valence-electron chi connectivity index (χ1n) is 5.62. The molecule has 86 valence electrons. The molecule has 0 unspecified atom stereocenters. The predicted molar refractivity (Wildman–Crippen MR) is 61.0 cm³/mol. The van der Waals surface area contributed by atoms with E-state index in [1.807, 2.05) is 0 Å². The normalized spacial score (nSPS) is 14.2. The van der Waals surface area contributed by atoms with Crippen molar-refractivity contribution in [2.75, 3.05) is 11.9 Å². The van der Waals surface area contributed by atoms with E-state index in [4.69, 9.17) is 5.73 Å². The van der Waals surface area contributed by atoms with E-state index in [0.717, 1.165) is 24.4 Å². The van der Waals surface area contributed by atoms with Crippen LogP contribution in [0.3, 0.4) is 0 Å². The molecule has 0 aliphatic heterocycles. The van der Waals surface area contributed by atoms with Crippen molar-refractivity contribution in [1.29, 1.82) is 0 Å². The minimum atomic E-state index is -0.296. The third-order valence-corrected chi connectivity index (χ3v) is 2.79. The Kier molecular flexibility index (Phi) is 3.34. The molecule has 0 saturated carbocycles. The van der Waals surface area contributed by atoms with Gasteiger partial charge in [-0.25, -0.2) is 9.97 Å². The van der Waals surface area contributed by atoms with Gasteiger partial charge in [0.2, 0.25) is 5.91 Å². The molecular formula is C11H16N4O. The third-order valence-electron chi connectivity index (χ3n) is 2.79. The van der Waals surface area contributed by atoms with Crippen LogP contribution in [0.15, 0.2) is 6.33 Å². The van der Waals surface area contributed by atoms with Crippen LogP contribution in [0.1, 0.15) is 30.5 Å². The Morgan fingerprint density at radius 3 is 3.00 bits per heavy atom. The number of nitrogens with two attached hydrogens (primary N) is 1. The molecule has 3 N–H and O–H groups in total. The summed E-state index contributed by atoms with van der Waals surface area (Å²) in [5, 5.41) is 3.15. The quantitative estimate of drug-likeness (QED) is 0.780. The number of carbonyl (C=O) groups excluding carboxylic acids is 1. The molecule has 1 heterocycles. The summed E-state index contributed by atoms with van der Waals surface area (Å²) in [6, 6.07) is 0. The zero-order valence-electron chi connectivity index (χ0n) is 9.20. The lowest BCUT2D eigenvalue weighted by Gasteiger charge is -2.17. The number of aryl methyl sites for hydroxylation is 1. The lowest BCUT2D eigenvalue weighted by Crippen LogP contribution is -2.18. The molecule has 5 heteroatoms. The van der Waals surface area contributed by atoms with Crippen molar-refractivity contribution >= 4 is 11.7 Å². The number of nitrogens with zero attached hydrogens (tertiary/aromatic N) is 2. The Labute approximate surface area is 94.5 Å². The van der Waals surface area contributed by atoms with Crippen molar-refractivity contribution in [3.8, 4) is 0 Å². The molecule has 0 atom stereocenters. The van der Waals surface area contributed by atoms with Gasteiger partial charge in [-0.05, 0) is 25.7 Å². The lowest BCUT2D eigenvalue weighted by molar-refractivity contribution is -0.117. The van der Waals surface area contributed by atoms with Crippen molar-refractivity contribution in [2.45, 2.75) is 32.1 Å². The number of nitrogens with one attached hydrogen (secondary N) is 1. The van der Waals surface area contributed by atoms with Crippen LogP contribution in [-0.4, -0.2) is 22.4 Å². The van der Waals surface area contributed by atoms with Gasteiger partial charge in [0.15, 0.2) is 0 Å². The minimum absolute atomic E-state index is 0.296. The second-order valence-corrected chi connectivity index (χ2v) is 4.00. The van der Waals surface area contributed by atoms with E-state index in [0.29, 0.717) is 13.0 Å². The summed E-state index contributed by atoms with van der Waals surface area (Å²) in [6.07, 6.45) is 6.35. The van der Waals surface area contributed by atoms with Crippen molar-refractivity contribution in [3.63, 3.8) is 0 Å². The summed E-state index contributed by atoms with van der Waals surface area (Å²) in [6.45, 7) is 0.540. The highest BCUT2D eigenvalue weighted by atomic mass is 16.1. The van der Waals surface area contributed by atoms with Crippen molar-refractivity contribution in [3.05, 3.63) is 17.6 Å². The topological polar surface area (TPSA) is 80.9 Å². The minimum Gasteiger partial charge on any atom is -0.370 e. The Morgan fingerprint density at radius 2 is 2.19 bits per heavy atom. The number of primary amides is 1. The molecule has 0 radical (unpaired) electrons. The molecule has 0 bridgehead atoms. The van der Waals surface area contributed by atoms with Gasteiger partial charge >= 0.3 is 0 Å². The van der Waals surface area contributed by atoms with Gasteiger partial charge in [0, 0.05) is 24.2 Å². The number of carbonyl (C=O) groups is 1. The molecule has 1 amide bonds. The molecule has 16 heavy (non-hydrogen) atoms. The highest BCUT2D eigenvalue weighted by Gasteiger charge is 2.14. The second kappa shape index (κ2) is 4.92. The molecule has 2 rings (SSSR count). The Balaban J connectivity index is 2.05. The maximum Gasteiger partial charge on any atom is 0.219 e. The van der Waals surface area contributed by atoms with Gasteiger partial charge in [-0.2, -0.15) is 0 Å². The van der Waals surface area contributed by atoms with Crippen LogP contribution >= 0.6 is 0 Å². The average molecular weight is 220 g/mol. The average Bonchev–Trinajstić information content (AvgIpc) is 2.29. The molecule has 1 aliphatic carbocycles. The molecule has 1 aliphatic rings. The van der Waals surface area contributed by atoms with E-state index in [1.165, 1.54) is 18.4 Å². The zero-order chi connectivity index (χ0) is 11.4. The maximum absolute atomic E-state index is 10.6. The highest BCUT2D eigenvalue weighted by Crippen LogP contribution is 2.24.